The summed E-state index contributed by atoms with van der Waals surface area (Å²) in [6.45, 7) is 3.09. The first-order valence-electron chi connectivity index (χ1n) is 5.11. The molecule has 92 valence electrons. The Morgan fingerprint density at radius 2 is 1.53 bits per heavy atom. The molecule has 1 unspecified atom stereocenters. The van der Waals surface area contributed by atoms with Gasteiger partial charge in [0, 0.05) is 6.04 Å². The quantitative estimate of drug-likeness (QED) is 0.357. The summed E-state index contributed by atoms with van der Waals surface area (Å²) in [6, 6.07) is -1.20. The van der Waals surface area contributed by atoms with Crippen molar-refractivity contribution in [2.45, 2.75) is 44.8 Å². The SMILES string of the molecule is CCC[Si](F)(F)CCC(C)C[Si](F)(F)F. The summed E-state index contributed by atoms with van der Waals surface area (Å²) < 4.78 is 62.3. The first kappa shape index (κ1) is 15.1. The van der Waals surface area contributed by atoms with Crippen LogP contribution in [0.25, 0.3) is 0 Å². The fourth-order valence-corrected chi connectivity index (χ4v) is 4.34. The van der Waals surface area contributed by atoms with E-state index in [9.17, 15) is 20.5 Å². The second kappa shape index (κ2) is 5.98. The molecule has 0 aromatic heterocycles. The third kappa shape index (κ3) is 9.04. The average Bonchev–Trinajstić information content (AvgIpc) is 1.98. The van der Waals surface area contributed by atoms with Crippen LogP contribution in [0.4, 0.5) is 20.5 Å². The van der Waals surface area contributed by atoms with Crippen molar-refractivity contribution in [3.8, 4) is 0 Å². The van der Waals surface area contributed by atoms with Gasteiger partial charge in [0.05, 0.1) is 0 Å². The predicted octanol–water partition coefficient (Wildman–Crippen LogP) is 4.65. The molecule has 0 aromatic rings. The molecular weight excluding hydrogens is 247 g/mol. The molecule has 0 saturated carbocycles. The molecule has 15 heavy (non-hydrogen) atoms. The van der Waals surface area contributed by atoms with Gasteiger partial charge in [0.1, 0.15) is 0 Å². The first-order valence-corrected chi connectivity index (χ1v) is 9.12. The van der Waals surface area contributed by atoms with E-state index in [1.165, 1.54) is 6.92 Å². The van der Waals surface area contributed by atoms with Crippen LogP contribution in [0, 0.1) is 5.92 Å². The lowest BCUT2D eigenvalue weighted by atomic mass is 10.2. The Labute approximate surface area is 89.8 Å². The minimum Gasteiger partial charge on any atom is -0.270 e. The molecule has 0 spiro atoms. The summed E-state index contributed by atoms with van der Waals surface area (Å²) in [4.78, 5) is 0. The number of halogens is 5. The van der Waals surface area contributed by atoms with E-state index in [0.717, 1.165) is 0 Å². The van der Waals surface area contributed by atoms with Gasteiger partial charge in [-0.2, -0.15) is 0 Å². The number of hydrogen-bond donors (Lipinski definition) is 0. The molecule has 0 radical (unpaired) electrons. The van der Waals surface area contributed by atoms with E-state index in [0.29, 0.717) is 6.42 Å². The normalized spacial score (nSPS) is 15.4. The Morgan fingerprint density at radius 3 is 1.93 bits per heavy atom. The van der Waals surface area contributed by atoms with Crippen LogP contribution in [0.3, 0.4) is 0 Å². The van der Waals surface area contributed by atoms with Gasteiger partial charge in [-0.25, -0.2) is 12.3 Å². The van der Waals surface area contributed by atoms with Crippen molar-refractivity contribution >= 4 is 17.8 Å². The van der Waals surface area contributed by atoms with Crippen molar-refractivity contribution in [3.05, 3.63) is 0 Å². The van der Waals surface area contributed by atoms with Crippen molar-refractivity contribution < 1.29 is 20.5 Å². The van der Waals surface area contributed by atoms with Gasteiger partial charge >= 0.3 is 17.8 Å². The average molecular weight is 264 g/mol. The van der Waals surface area contributed by atoms with Gasteiger partial charge in [-0.15, -0.1) is 0 Å². The topological polar surface area (TPSA) is 0 Å². The van der Waals surface area contributed by atoms with Gasteiger partial charge in [-0.3, -0.25) is 8.22 Å². The molecule has 0 aliphatic rings. The Kier molecular flexibility index (Phi) is 6.01. The van der Waals surface area contributed by atoms with Crippen molar-refractivity contribution in [3.63, 3.8) is 0 Å². The minimum atomic E-state index is -5.56. The van der Waals surface area contributed by atoms with Crippen LogP contribution in [-0.4, -0.2) is 17.8 Å². The predicted molar refractivity (Wildman–Crippen MR) is 55.5 cm³/mol. The molecule has 0 bridgehead atoms. The van der Waals surface area contributed by atoms with Crippen LogP contribution >= 0.6 is 0 Å². The molecular formula is C8H17F5Si2. The largest absolute Gasteiger partial charge is 0.616 e. The van der Waals surface area contributed by atoms with Crippen LogP contribution in [-0.2, 0) is 0 Å². The standard InChI is InChI=1S/C8H17F5Si2/c1-3-5-14(9,10)6-4-8(2)7-15(11,12)13/h8H,3-7H2,1-2H3. The van der Waals surface area contributed by atoms with Crippen LogP contribution in [0.1, 0.15) is 26.7 Å². The molecule has 0 aliphatic carbocycles. The van der Waals surface area contributed by atoms with E-state index in [4.69, 9.17) is 0 Å². The van der Waals surface area contributed by atoms with E-state index in [1.54, 1.807) is 6.92 Å². The maximum atomic E-state index is 13.1. The lowest BCUT2D eigenvalue weighted by Gasteiger charge is -2.15. The molecule has 0 nitrogen and oxygen atoms in total. The maximum Gasteiger partial charge on any atom is 0.616 e. The molecule has 0 rings (SSSR count). The van der Waals surface area contributed by atoms with Gasteiger partial charge in [0.2, 0.25) is 0 Å². The van der Waals surface area contributed by atoms with Crippen LogP contribution in [0.2, 0.25) is 18.1 Å². The Balaban J connectivity index is 3.84. The minimum absolute atomic E-state index is 0.0196. The maximum absolute atomic E-state index is 13.1. The smallest absolute Gasteiger partial charge is 0.270 e. The lowest BCUT2D eigenvalue weighted by Crippen LogP contribution is -2.24. The fourth-order valence-electron chi connectivity index (χ4n) is 1.45. The van der Waals surface area contributed by atoms with E-state index in [-0.39, 0.29) is 18.5 Å². The van der Waals surface area contributed by atoms with Crippen molar-refractivity contribution in [1.29, 1.82) is 0 Å². The monoisotopic (exact) mass is 264 g/mol. The zero-order chi connectivity index (χ0) is 12.1. The van der Waals surface area contributed by atoms with E-state index >= 15 is 0 Å². The molecule has 0 aromatic carbocycles. The number of rotatable bonds is 7. The van der Waals surface area contributed by atoms with E-state index in [2.05, 4.69) is 0 Å². The van der Waals surface area contributed by atoms with Crippen LogP contribution in [0.15, 0.2) is 0 Å². The summed E-state index contributed by atoms with van der Waals surface area (Å²) in [7, 11) is -9.76. The van der Waals surface area contributed by atoms with Gasteiger partial charge in [0.15, 0.2) is 0 Å². The van der Waals surface area contributed by atoms with Gasteiger partial charge in [-0.1, -0.05) is 20.3 Å². The zero-order valence-corrected chi connectivity index (χ0v) is 11.0. The first-order chi connectivity index (χ1) is 6.66. The molecule has 0 aliphatic heterocycles. The van der Waals surface area contributed by atoms with Gasteiger partial charge < -0.3 is 0 Å². The Morgan fingerprint density at radius 1 is 1.00 bits per heavy atom. The van der Waals surface area contributed by atoms with E-state index < -0.39 is 29.8 Å². The highest BCUT2D eigenvalue weighted by Crippen LogP contribution is 2.29. The highest BCUT2D eigenvalue weighted by molar-refractivity contribution is 6.66. The molecule has 0 heterocycles. The second-order valence-electron chi connectivity index (χ2n) is 4.07. The summed E-state index contributed by atoms with van der Waals surface area (Å²) in [5.41, 5.74) is 0. The van der Waals surface area contributed by atoms with Crippen molar-refractivity contribution in [1.82, 2.24) is 0 Å². The van der Waals surface area contributed by atoms with Crippen LogP contribution < -0.4 is 0 Å². The lowest BCUT2D eigenvalue weighted by molar-refractivity contribution is 0.429. The van der Waals surface area contributed by atoms with Crippen LogP contribution in [0.5, 0.6) is 0 Å². The van der Waals surface area contributed by atoms with Gasteiger partial charge in [-0.05, 0) is 24.4 Å². The molecule has 7 heteroatoms. The zero-order valence-electron chi connectivity index (χ0n) is 9.00. The van der Waals surface area contributed by atoms with Crippen molar-refractivity contribution in [2.75, 3.05) is 0 Å². The second-order valence-corrected chi connectivity index (χ2v) is 8.42. The van der Waals surface area contributed by atoms with Crippen molar-refractivity contribution in [2.24, 2.45) is 5.92 Å². The summed E-state index contributed by atoms with van der Waals surface area (Å²) in [5.74, 6) is -0.633. The summed E-state index contributed by atoms with van der Waals surface area (Å²) in [6.07, 6.45) is 0.438. The van der Waals surface area contributed by atoms with Gasteiger partial charge in [0.25, 0.3) is 0 Å². The molecule has 1 atom stereocenters. The number of hydrogen-bond acceptors (Lipinski definition) is 0. The summed E-state index contributed by atoms with van der Waals surface area (Å²) >= 11 is 0. The molecule has 0 amide bonds. The highest BCUT2D eigenvalue weighted by atomic mass is 28.5. The molecule has 0 fully saturated rings. The molecule has 0 N–H and O–H groups in total. The Hall–Kier alpha value is 0.0838. The van der Waals surface area contributed by atoms with E-state index in [1.807, 2.05) is 0 Å². The highest BCUT2D eigenvalue weighted by Gasteiger charge is 2.40. The third-order valence-electron chi connectivity index (χ3n) is 2.20. The third-order valence-corrected chi connectivity index (χ3v) is 5.61. The summed E-state index contributed by atoms with van der Waals surface area (Å²) in [5, 5.41) is 0. The fraction of sp³-hybridized carbons (Fsp3) is 1.00. The Bertz CT molecular complexity index is 180. The molecule has 0 saturated heterocycles.